The lowest BCUT2D eigenvalue weighted by Gasteiger charge is -2.29. The number of hydrogen-bond donors (Lipinski definition) is 2. The summed E-state index contributed by atoms with van der Waals surface area (Å²) < 4.78 is 6.46. The van der Waals surface area contributed by atoms with E-state index in [-0.39, 0.29) is 12.1 Å². The molecule has 0 fully saturated rings. The van der Waals surface area contributed by atoms with Crippen LogP contribution in [-0.2, 0) is 0 Å². The molecular weight excluding hydrogens is 404 g/mol. The van der Waals surface area contributed by atoms with Crippen LogP contribution in [0.2, 0.25) is 0 Å². The maximum atomic E-state index is 8.98. The maximum absolute atomic E-state index is 8.98. The lowest BCUT2D eigenvalue weighted by Crippen LogP contribution is -2.34. The molecule has 0 amide bonds. The van der Waals surface area contributed by atoms with E-state index in [4.69, 9.17) is 15.0 Å². The highest BCUT2D eigenvalue weighted by Gasteiger charge is 2.25. The normalized spacial score (nSPS) is 18.3. The van der Waals surface area contributed by atoms with Crippen LogP contribution in [0.3, 0.4) is 0 Å². The number of anilines is 2. The number of hydrazone groups is 1. The minimum absolute atomic E-state index is 0.0684. The predicted octanol–water partition coefficient (Wildman–Crippen LogP) is 4.32. The fourth-order valence-electron chi connectivity index (χ4n) is 3.96. The van der Waals surface area contributed by atoms with Crippen LogP contribution in [0.5, 0.6) is 5.88 Å². The molecule has 0 saturated heterocycles. The number of pyridine rings is 2. The molecule has 0 spiro atoms. The second kappa shape index (κ2) is 10.1. The lowest BCUT2D eigenvalue weighted by atomic mass is 10.0. The summed E-state index contributed by atoms with van der Waals surface area (Å²) in [5.41, 5.74) is 1.76. The van der Waals surface area contributed by atoms with Gasteiger partial charge in [-0.2, -0.15) is 20.4 Å². The van der Waals surface area contributed by atoms with Gasteiger partial charge in [0.15, 0.2) is 5.82 Å². The van der Waals surface area contributed by atoms with Gasteiger partial charge in [-0.05, 0) is 25.5 Å². The minimum atomic E-state index is -0.0684. The average Bonchev–Trinajstić information content (AvgIpc) is 3.10. The van der Waals surface area contributed by atoms with E-state index in [1.807, 2.05) is 42.4 Å². The third-order valence-electron chi connectivity index (χ3n) is 5.43. The molecular formula is C23H28N8O. The molecule has 32 heavy (non-hydrogen) atoms. The molecule has 0 aromatic carbocycles. The Hall–Kier alpha value is -3.67. The standard InChI is InChI=1S/C23H28N8O/c1-3-6-17-14-18(8-11-26-31(17)12-5-9-24)32-23-19-7-4-10-25-20(19)15-21(28-23)27-22-13-16(2)29-30-22/h4,7,10-11,13,15,17-18H,3,5-6,8,12,14H2,1-2H3,(H2,27,28,29,30). The van der Waals surface area contributed by atoms with E-state index in [0.717, 1.165) is 35.9 Å². The van der Waals surface area contributed by atoms with Gasteiger partial charge in [0.1, 0.15) is 11.9 Å². The predicted molar refractivity (Wildman–Crippen MR) is 124 cm³/mol. The highest BCUT2D eigenvalue weighted by Crippen LogP contribution is 2.29. The number of nitrogens with zero attached hydrogens (tertiary/aromatic N) is 6. The molecule has 166 valence electrons. The second-order valence-electron chi connectivity index (χ2n) is 7.97. The Kier molecular flexibility index (Phi) is 6.80. The molecule has 9 heteroatoms. The van der Waals surface area contributed by atoms with Gasteiger partial charge in [-0.25, -0.2) is 0 Å². The molecule has 4 heterocycles. The van der Waals surface area contributed by atoms with Crippen LogP contribution in [0.4, 0.5) is 11.6 Å². The number of nitriles is 1. The first-order valence-electron chi connectivity index (χ1n) is 11.0. The number of fused-ring (bicyclic) bond motifs is 1. The van der Waals surface area contributed by atoms with Crippen LogP contribution in [0, 0.1) is 18.3 Å². The highest BCUT2D eigenvalue weighted by atomic mass is 16.5. The van der Waals surface area contributed by atoms with Gasteiger partial charge in [0.2, 0.25) is 5.88 Å². The number of rotatable bonds is 8. The topological polar surface area (TPSA) is 115 Å². The van der Waals surface area contributed by atoms with Gasteiger partial charge < -0.3 is 10.1 Å². The van der Waals surface area contributed by atoms with Gasteiger partial charge in [-0.15, -0.1) is 0 Å². The van der Waals surface area contributed by atoms with Crippen molar-refractivity contribution >= 4 is 28.8 Å². The van der Waals surface area contributed by atoms with E-state index in [1.165, 1.54) is 0 Å². The third-order valence-corrected chi connectivity index (χ3v) is 5.43. The van der Waals surface area contributed by atoms with Crippen molar-refractivity contribution in [3.8, 4) is 11.9 Å². The molecule has 2 atom stereocenters. The van der Waals surface area contributed by atoms with Crippen LogP contribution < -0.4 is 10.1 Å². The zero-order valence-corrected chi connectivity index (χ0v) is 18.5. The molecule has 0 saturated carbocycles. The van der Waals surface area contributed by atoms with Gasteiger partial charge >= 0.3 is 0 Å². The Morgan fingerprint density at radius 1 is 1.34 bits per heavy atom. The molecule has 3 aromatic heterocycles. The first kappa shape index (κ1) is 21.6. The number of H-pyrrole nitrogens is 1. The van der Waals surface area contributed by atoms with E-state index < -0.39 is 0 Å². The molecule has 9 nitrogen and oxygen atoms in total. The summed E-state index contributed by atoms with van der Waals surface area (Å²) in [4.78, 5) is 9.24. The van der Waals surface area contributed by atoms with Crippen LogP contribution in [0.25, 0.3) is 10.9 Å². The first-order valence-corrected chi connectivity index (χ1v) is 11.0. The van der Waals surface area contributed by atoms with Crippen molar-refractivity contribution in [2.24, 2.45) is 5.10 Å². The van der Waals surface area contributed by atoms with E-state index in [1.54, 1.807) is 6.20 Å². The molecule has 0 bridgehead atoms. The molecule has 3 aromatic rings. The number of aromatic amines is 1. The summed E-state index contributed by atoms with van der Waals surface area (Å²) in [6, 6.07) is 10.1. The Bertz CT molecular complexity index is 1120. The van der Waals surface area contributed by atoms with E-state index in [0.29, 0.717) is 36.9 Å². The van der Waals surface area contributed by atoms with Crippen molar-refractivity contribution < 1.29 is 4.74 Å². The third kappa shape index (κ3) is 5.14. The fraction of sp³-hybridized carbons (Fsp3) is 0.435. The Labute approximate surface area is 187 Å². The highest BCUT2D eigenvalue weighted by molar-refractivity contribution is 5.86. The van der Waals surface area contributed by atoms with Gasteiger partial charge in [0.05, 0.1) is 29.4 Å². The zero-order chi connectivity index (χ0) is 22.3. The van der Waals surface area contributed by atoms with Crippen molar-refractivity contribution in [2.45, 2.75) is 58.1 Å². The SMILES string of the molecule is CCCC1CC(Oc2nc(Nc3cc(C)[nH]n3)cc3ncccc23)CC=NN1CCC#N. The largest absolute Gasteiger partial charge is 0.473 e. The minimum Gasteiger partial charge on any atom is -0.473 e. The van der Waals surface area contributed by atoms with Gasteiger partial charge in [0.25, 0.3) is 0 Å². The van der Waals surface area contributed by atoms with E-state index >= 15 is 0 Å². The fourth-order valence-corrected chi connectivity index (χ4v) is 3.96. The summed E-state index contributed by atoms with van der Waals surface area (Å²) >= 11 is 0. The summed E-state index contributed by atoms with van der Waals surface area (Å²) in [6.45, 7) is 4.75. The van der Waals surface area contributed by atoms with Crippen molar-refractivity contribution in [1.82, 2.24) is 25.2 Å². The van der Waals surface area contributed by atoms with Crippen LogP contribution in [0.1, 0.15) is 44.7 Å². The summed E-state index contributed by atoms with van der Waals surface area (Å²) in [5.74, 6) is 1.86. The summed E-state index contributed by atoms with van der Waals surface area (Å²) in [5, 5.41) is 26.9. The molecule has 1 aliphatic rings. The smallest absolute Gasteiger partial charge is 0.225 e. The van der Waals surface area contributed by atoms with E-state index in [2.05, 4.69) is 38.6 Å². The number of aromatic nitrogens is 4. The monoisotopic (exact) mass is 432 g/mol. The van der Waals surface area contributed by atoms with Crippen LogP contribution in [0.15, 0.2) is 35.6 Å². The average molecular weight is 433 g/mol. The number of ether oxygens (including phenoxy) is 1. The lowest BCUT2D eigenvalue weighted by molar-refractivity contribution is 0.127. The number of aryl methyl sites for hydroxylation is 1. The van der Waals surface area contributed by atoms with Crippen molar-refractivity contribution in [1.29, 1.82) is 5.26 Å². The van der Waals surface area contributed by atoms with E-state index in [9.17, 15) is 0 Å². The molecule has 4 rings (SSSR count). The Morgan fingerprint density at radius 3 is 3.03 bits per heavy atom. The second-order valence-corrected chi connectivity index (χ2v) is 7.97. The van der Waals surface area contributed by atoms with Gasteiger partial charge in [0, 0.05) is 49.6 Å². The Morgan fingerprint density at radius 2 is 2.25 bits per heavy atom. The molecule has 2 N–H and O–H groups in total. The Balaban J connectivity index is 1.58. The molecule has 2 unspecified atom stereocenters. The molecule has 0 radical (unpaired) electrons. The first-order chi connectivity index (χ1) is 15.7. The van der Waals surface area contributed by atoms with Crippen molar-refractivity contribution in [2.75, 3.05) is 11.9 Å². The maximum Gasteiger partial charge on any atom is 0.225 e. The van der Waals surface area contributed by atoms with Gasteiger partial charge in [-0.3, -0.25) is 15.1 Å². The van der Waals surface area contributed by atoms with Gasteiger partial charge in [-0.1, -0.05) is 13.3 Å². The number of nitrogens with one attached hydrogen (secondary N) is 2. The van der Waals surface area contributed by atoms with Crippen molar-refractivity contribution in [3.05, 3.63) is 36.2 Å². The molecule has 0 aliphatic carbocycles. The van der Waals surface area contributed by atoms with Crippen molar-refractivity contribution in [3.63, 3.8) is 0 Å². The molecule has 1 aliphatic heterocycles. The van der Waals surface area contributed by atoms with Crippen LogP contribution in [-0.4, -0.2) is 50.1 Å². The zero-order valence-electron chi connectivity index (χ0n) is 18.5. The quantitative estimate of drug-likeness (QED) is 0.545. The summed E-state index contributed by atoms with van der Waals surface area (Å²) in [6.07, 6.45) is 7.59. The summed E-state index contributed by atoms with van der Waals surface area (Å²) in [7, 11) is 0. The number of hydrogen-bond acceptors (Lipinski definition) is 8. The van der Waals surface area contributed by atoms with Crippen LogP contribution >= 0.6 is 0 Å².